The summed E-state index contributed by atoms with van der Waals surface area (Å²) in [6, 6.07) is 14.9. The first kappa shape index (κ1) is 13.9. The number of hydrogen-bond acceptors (Lipinski definition) is 2. The smallest absolute Gasteiger partial charge is 0.202 e. The molecule has 0 saturated heterocycles. The van der Waals surface area contributed by atoms with Gasteiger partial charge in [0.05, 0.1) is 23.7 Å². The molecule has 4 nitrogen and oxygen atoms in total. The summed E-state index contributed by atoms with van der Waals surface area (Å²) in [7, 11) is 1.86. The highest BCUT2D eigenvalue weighted by Gasteiger charge is 2.13. The Morgan fingerprint density at radius 1 is 1.10 bits per heavy atom. The van der Waals surface area contributed by atoms with E-state index in [0.29, 0.717) is 17.2 Å². The van der Waals surface area contributed by atoms with Crippen molar-refractivity contribution >= 4 is 22.6 Å². The number of nitrogens with zero attached hydrogens (tertiary/aromatic N) is 2. The van der Waals surface area contributed by atoms with Crippen molar-refractivity contribution in [2.75, 3.05) is 0 Å². The van der Waals surface area contributed by atoms with Gasteiger partial charge in [0.25, 0.3) is 0 Å². The van der Waals surface area contributed by atoms with Crippen molar-refractivity contribution in [1.29, 1.82) is 5.41 Å². The topological polar surface area (TPSA) is 53.9 Å². The zero-order valence-electron chi connectivity index (χ0n) is 11.6. The summed E-state index contributed by atoms with van der Waals surface area (Å²) in [5, 5.41) is 19.3. The van der Waals surface area contributed by atoms with Crippen LogP contribution in [0, 0.1) is 5.41 Å². The molecular formula is C16H16ClN3O. The van der Waals surface area contributed by atoms with Crippen LogP contribution in [-0.2, 0) is 13.6 Å². The summed E-state index contributed by atoms with van der Waals surface area (Å²) in [4.78, 5) is 0. The highest BCUT2D eigenvalue weighted by Crippen LogP contribution is 2.20. The lowest BCUT2D eigenvalue weighted by Gasteiger charge is -2.12. The maximum atomic E-state index is 10.4. The molecule has 0 aliphatic heterocycles. The van der Waals surface area contributed by atoms with E-state index in [0.717, 1.165) is 16.6 Å². The number of rotatable bonds is 3. The zero-order valence-corrected chi connectivity index (χ0v) is 12.4. The molecule has 2 N–H and O–H groups in total. The molecule has 0 aliphatic rings. The molecule has 0 aliphatic carbocycles. The summed E-state index contributed by atoms with van der Waals surface area (Å²) in [5.74, 6) is 0. The molecule has 0 fully saturated rings. The first-order valence-electron chi connectivity index (χ1n) is 6.70. The molecular weight excluding hydrogens is 286 g/mol. The minimum atomic E-state index is -0.679. The minimum absolute atomic E-state index is 0.335. The van der Waals surface area contributed by atoms with Gasteiger partial charge >= 0.3 is 0 Å². The fraction of sp³-hybridized carbons (Fsp3) is 0.188. The Labute approximate surface area is 127 Å². The van der Waals surface area contributed by atoms with Gasteiger partial charge < -0.3 is 14.2 Å². The Hall–Kier alpha value is -2.04. The van der Waals surface area contributed by atoms with Crippen molar-refractivity contribution in [2.45, 2.75) is 12.6 Å². The van der Waals surface area contributed by atoms with Crippen molar-refractivity contribution in [2.24, 2.45) is 7.05 Å². The predicted octanol–water partition coefficient (Wildman–Crippen LogP) is 2.85. The summed E-state index contributed by atoms with van der Waals surface area (Å²) >= 11 is 5.86. The Balaban J connectivity index is 2.00. The van der Waals surface area contributed by atoms with E-state index in [-0.39, 0.29) is 0 Å². The molecule has 1 aromatic heterocycles. The average molecular weight is 302 g/mol. The second-order valence-corrected chi connectivity index (χ2v) is 5.49. The third kappa shape index (κ3) is 2.48. The maximum Gasteiger partial charge on any atom is 0.202 e. The number of halogens is 1. The van der Waals surface area contributed by atoms with Crippen LogP contribution in [0.15, 0.2) is 48.5 Å². The third-order valence-corrected chi connectivity index (χ3v) is 3.97. The molecule has 1 atom stereocenters. The van der Waals surface area contributed by atoms with Gasteiger partial charge in [0.2, 0.25) is 5.62 Å². The SMILES string of the molecule is Cn1c(=N)n(CC(O)c2ccc(Cl)cc2)c2ccccc21. The number of aryl methyl sites for hydroxylation is 1. The molecule has 2 aromatic carbocycles. The lowest BCUT2D eigenvalue weighted by molar-refractivity contribution is 0.156. The van der Waals surface area contributed by atoms with E-state index in [2.05, 4.69) is 0 Å². The van der Waals surface area contributed by atoms with Crippen LogP contribution in [0.3, 0.4) is 0 Å². The Kier molecular flexibility index (Phi) is 3.57. The monoisotopic (exact) mass is 301 g/mol. The van der Waals surface area contributed by atoms with Crippen LogP contribution in [0.2, 0.25) is 5.02 Å². The van der Waals surface area contributed by atoms with Gasteiger partial charge in [0, 0.05) is 12.1 Å². The number of aliphatic hydroxyl groups is 1. The van der Waals surface area contributed by atoms with Crippen molar-refractivity contribution in [3.63, 3.8) is 0 Å². The zero-order chi connectivity index (χ0) is 15.0. The summed E-state index contributed by atoms with van der Waals surface area (Å²) in [6.07, 6.45) is -0.679. The molecule has 1 unspecified atom stereocenters. The molecule has 0 radical (unpaired) electrons. The molecule has 0 bridgehead atoms. The molecule has 108 valence electrons. The number of para-hydroxylation sites is 2. The van der Waals surface area contributed by atoms with E-state index in [1.807, 2.05) is 52.6 Å². The van der Waals surface area contributed by atoms with Gasteiger partial charge in [0.1, 0.15) is 0 Å². The minimum Gasteiger partial charge on any atom is -0.387 e. The van der Waals surface area contributed by atoms with Crippen LogP contribution in [-0.4, -0.2) is 14.2 Å². The third-order valence-electron chi connectivity index (χ3n) is 3.72. The highest BCUT2D eigenvalue weighted by atomic mass is 35.5. The van der Waals surface area contributed by atoms with Gasteiger partial charge in [-0.05, 0) is 29.8 Å². The molecule has 0 spiro atoms. The number of fused-ring (bicyclic) bond motifs is 1. The Morgan fingerprint density at radius 3 is 2.38 bits per heavy atom. The normalized spacial score (nSPS) is 12.7. The summed E-state index contributed by atoms with van der Waals surface area (Å²) < 4.78 is 3.62. The van der Waals surface area contributed by atoms with E-state index in [1.165, 1.54) is 0 Å². The van der Waals surface area contributed by atoms with E-state index in [4.69, 9.17) is 17.0 Å². The fourth-order valence-corrected chi connectivity index (χ4v) is 2.66. The molecule has 3 rings (SSSR count). The summed E-state index contributed by atoms with van der Waals surface area (Å²) in [6.45, 7) is 0.335. The first-order valence-corrected chi connectivity index (χ1v) is 7.08. The lowest BCUT2D eigenvalue weighted by atomic mass is 10.1. The summed E-state index contributed by atoms with van der Waals surface area (Å²) in [5.41, 5.74) is 3.08. The van der Waals surface area contributed by atoms with Gasteiger partial charge in [0.15, 0.2) is 0 Å². The van der Waals surface area contributed by atoms with E-state index in [1.54, 1.807) is 12.1 Å². The molecule has 0 saturated carbocycles. The Bertz CT molecular complexity index is 833. The fourth-order valence-electron chi connectivity index (χ4n) is 2.53. The van der Waals surface area contributed by atoms with Crippen LogP contribution in [0.5, 0.6) is 0 Å². The van der Waals surface area contributed by atoms with Crippen LogP contribution in [0.4, 0.5) is 0 Å². The Morgan fingerprint density at radius 2 is 1.71 bits per heavy atom. The van der Waals surface area contributed by atoms with Crippen LogP contribution < -0.4 is 5.62 Å². The van der Waals surface area contributed by atoms with E-state index >= 15 is 0 Å². The van der Waals surface area contributed by atoms with Gasteiger partial charge in [-0.3, -0.25) is 5.41 Å². The molecule has 5 heteroatoms. The van der Waals surface area contributed by atoms with Gasteiger partial charge in [-0.15, -0.1) is 0 Å². The van der Waals surface area contributed by atoms with E-state index < -0.39 is 6.10 Å². The van der Waals surface area contributed by atoms with Crippen molar-refractivity contribution in [3.05, 3.63) is 64.7 Å². The van der Waals surface area contributed by atoms with Crippen LogP contribution in [0.25, 0.3) is 11.0 Å². The lowest BCUT2D eigenvalue weighted by Crippen LogP contribution is -2.25. The van der Waals surface area contributed by atoms with Gasteiger partial charge in [-0.25, -0.2) is 0 Å². The van der Waals surface area contributed by atoms with Crippen LogP contribution in [0.1, 0.15) is 11.7 Å². The van der Waals surface area contributed by atoms with Gasteiger partial charge in [-0.1, -0.05) is 35.9 Å². The van der Waals surface area contributed by atoms with E-state index in [9.17, 15) is 5.11 Å². The van der Waals surface area contributed by atoms with Crippen molar-refractivity contribution in [3.8, 4) is 0 Å². The average Bonchev–Trinajstić information content (AvgIpc) is 2.73. The van der Waals surface area contributed by atoms with Crippen LogP contribution >= 0.6 is 11.6 Å². The van der Waals surface area contributed by atoms with Gasteiger partial charge in [-0.2, -0.15) is 0 Å². The number of aromatic nitrogens is 2. The standard InChI is InChI=1S/C16H16ClN3O/c1-19-13-4-2-3-5-14(13)20(16(19)18)10-15(21)11-6-8-12(17)9-7-11/h2-9,15,18,21H,10H2,1H3. The number of imidazole rings is 1. The molecule has 0 amide bonds. The largest absolute Gasteiger partial charge is 0.387 e. The number of nitrogens with one attached hydrogen (secondary N) is 1. The van der Waals surface area contributed by atoms with Crippen molar-refractivity contribution in [1.82, 2.24) is 9.13 Å². The molecule has 21 heavy (non-hydrogen) atoms. The quantitative estimate of drug-likeness (QED) is 0.768. The first-order chi connectivity index (χ1) is 10.1. The highest BCUT2D eigenvalue weighted by molar-refractivity contribution is 6.30. The molecule has 3 aromatic rings. The second kappa shape index (κ2) is 5.39. The second-order valence-electron chi connectivity index (χ2n) is 5.05. The molecule has 1 heterocycles. The number of hydrogen-bond donors (Lipinski definition) is 2. The maximum absolute atomic E-state index is 10.4. The number of benzene rings is 2. The number of aliphatic hydroxyl groups excluding tert-OH is 1. The predicted molar refractivity (Wildman–Crippen MR) is 83.2 cm³/mol. The van der Waals surface area contributed by atoms with Crippen molar-refractivity contribution < 1.29 is 5.11 Å².